The Bertz CT molecular complexity index is 1350. The Morgan fingerprint density at radius 2 is 1.97 bits per heavy atom. The molecule has 9 nitrogen and oxygen atoms in total. The maximum absolute atomic E-state index is 13.0. The van der Waals surface area contributed by atoms with Gasteiger partial charge in [-0.1, -0.05) is 12.1 Å². The number of nitrogens with zero attached hydrogens (tertiary/aromatic N) is 4. The number of aryl methyl sites for hydroxylation is 1. The number of alkyl halides is 2. The zero-order valence-corrected chi connectivity index (χ0v) is 19.1. The first-order valence-corrected chi connectivity index (χ1v) is 11.1. The van der Waals surface area contributed by atoms with Crippen LogP contribution >= 0.6 is 0 Å². The number of imidazole rings is 1. The van der Waals surface area contributed by atoms with Gasteiger partial charge < -0.3 is 24.5 Å². The van der Waals surface area contributed by atoms with Crippen LogP contribution in [0, 0.1) is 0 Å². The van der Waals surface area contributed by atoms with Crippen LogP contribution in [0.4, 0.5) is 14.5 Å². The largest absolute Gasteiger partial charge is 0.396 e. The number of H-pyrrole nitrogens is 1. The molecule has 3 aromatic rings. The summed E-state index contributed by atoms with van der Waals surface area (Å²) in [5.41, 5.74) is 1.90. The highest BCUT2D eigenvalue weighted by Gasteiger charge is 2.26. The second-order valence-electron chi connectivity index (χ2n) is 8.21. The quantitative estimate of drug-likeness (QED) is 0.558. The standard InChI is InChI=1S/C24H25F2N5O4/c1-15(33)29-9-10-30(21(34)14-29)18-6-7-20-19(13-18)27-24(31(20)8-3-11-32)28-23(35)17-5-2-4-16(12-17)22(25)26/h2,4-7,12-13,22,32H,3,8-11,14H2,1H3,(H,27,28,35). The Hall–Kier alpha value is -3.86. The number of piperazine rings is 1. The van der Waals surface area contributed by atoms with E-state index >= 15 is 0 Å². The molecule has 2 N–H and O–H groups in total. The van der Waals surface area contributed by atoms with Gasteiger partial charge in [0.2, 0.25) is 17.4 Å². The van der Waals surface area contributed by atoms with Crippen molar-refractivity contribution >= 4 is 34.4 Å². The predicted octanol–water partition coefficient (Wildman–Crippen LogP) is 2.23. The van der Waals surface area contributed by atoms with Crippen LogP contribution in [0.15, 0.2) is 47.5 Å². The minimum atomic E-state index is -2.70. The van der Waals surface area contributed by atoms with Crippen LogP contribution in [-0.2, 0) is 16.1 Å². The smallest absolute Gasteiger partial charge is 0.280 e. The Morgan fingerprint density at radius 3 is 2.66 bits per heavy atom. The summed E-state index contributed by atoms with van der Waals surface area (Å²) in [5, 5.41) is 9.31. The summed E-state index contributed by atoms with van der Waals surface area (Å²) in [6, 6.07) is 10.5. The van der Waals surface area contributed by atoms with Crippen LogP contribution in [0.3, 0.4) is 0 Å². The minimum Gasteiger partial charge on any atom is -0.396 e. The summed E-state index contributed by atoms with van der Waals surface area (Å²) in [6.07, 6.45) is -2.30. The fourth-order valence-electron chi connectivity index (χ4n) is 4.06. The van der Waals surface area contributed by atoms with E-state index in [0.29, 0.717) is 42.8 Å². The molecule has 1 aliphatic heterocycles. The third-order valence-corrected chi connectivity index (χ3v) is 5.88. The van der Waals surface area contributed by atoms with Crippen molar-refractivity contribution in [2.24, 2.45) is 4.99 Å². The molecular weight excluding hydrogens is 460 g/mol. The number of rotatable bonds is 6. The van der Waals surface area contributed by atoms with E-state index < -0.39 is 12.3 Å². The second-order valence-corrected chi connectivity index (χ2v) is 8.21. The van der Waals surface area contributed by atoms with E-state index in [1.807, 2.05) is 0 Å². The molecule has 0 bridgehead atoms. The molecule has 2 heterocycles. The van der Waals surface area contributed by atoms with E-state index in [1.165, 1.54) is 30.0 Å². The minimum absolute atomic E-state index is 0.00135. The Kier molecular flexibility index (Phi) is 7.06. The van der Waals surface area contributed by atoms with Crippen molar-refractivity contribution < 1.29 is 28.3 Å². The molecule has 184 valence electrons. The summed E-state index contributed by atoms with van der Waals surface area (Å²) in [6.45, 7) is 2.49. The number of hydrogen-bond acceptors (Lipinski definition) is 4. The van der Waals surface area contributed by atoms with Crippen molar-refractivity contribution in [3.63, 3.8) is 0 Å². The first-order chi connectivity index (χ1) is 16.8. The molecule has 1 fully saturated rings. The summed E-state index contributed by atoms with van der Waals surface area (Å²) in [7, 11) is 0. The highest BCUT2D eigenvalue weighted by atomic mass is 19.3. The third kappa shape index (κ3) is 5.14. The molecule has 0 unspecified atom stereocenters. The molecule has 0 radical (unpaired) electrons. The topological polar surface area (TPSA) is 111 Å². The van der Waals surface area contributed by atoms with Gasteiger partial charge in [-0.2, -0.15) is 4.99 Å². The van der Waals surface area contributed by atoms with Gasteiger partial charge in [0.05, 0.1) is 11.0 Å². The molecule has 2 aromatic carbocycles. The predicted molar refractivity (Wildman–Crippen MR) is 124 cm³/mol. The zero-order chi connectivity index (χ0) is 25.1. The molecule has 0 atom stereocenters. The highest BCUT2D eigenvalue weighted by molar-refractivity contribution is 5.99. The van der Waals surface area contributed by atoms with Gasteiger partial charge in [-0.25, -0.2) is 8.78 Å². The van der Waals surface area contributed by atoms with E-state index in [-0.39, 0.29) is 41.7 Å². The van der Waals surface area contributed by atoms with E-state index in [0.717, 1.165) is 6.07 Å². The van der Waals surface area contributed by atoms with Gasteiger partial charge in [0.25, 0.3) is 12.3 Å². The number of hydrogen-bond donors (Lipinski definition) is 2. The number of amides is 3. The van der Waals surface area contributed by atoms with E-state index in [2.05, 4.69) is 9.98 Å². The molecule has 0 spiro atoms. The Balaban J connectivity index is 1.71. The first-order valence-electron chi connectivity index (χ1n) is 11.1. The lowest BCUT2D eigenvalue weighted by Crippen LogP contribution is -2.51. The number of aliphatic hydroxyl groups excluding tert-OH is 1. The average Bonchev–Trinajstić information content (AvgIpc) is 3.18. The highest BCUT2D eigenvalue weighted by Crippen LogP contribution is 2.23. The third-order valence-electron chi connectivity index (χ3n) is 5.88. The van der Waals surface area contributed by atoms with Crippen LogP contribution in [0.5, 0.6) is 0 Å². The number of fused-ring (bicyclic) bond motifs is 1. The molecule has 0 saturated carbocycles. The van der Waals surface area contributed by atoms with Crippen molar-refractivity contribution in [3.05, 3.63) is 59.2 Å². The summed E-state index contributed by atoms with van der Waals surface area (Å²) in [5.74, 6) is -1.05. The normalized spacial score (nSPS) is 14.9. The van der Waals surface area contributed by atoms with Gasteiger partial charge in [0.1, 0.15) is 6.54 Å². The molecule has 1 aliphatic rings. The van der Waals surface area contributed by atoms with Crippen LogP contribution in [0.1, 0.15) is 35.7 Å². The summed E-state index contributed by atoms with van der Waals surface area (Å²) in [4.78, 5) is 47.2. The number of nitrogens with one attached hydrogen (secondary N) is 1. The second kappa shape index (κ2) is 10.2. The van der Waals surface area contributed by atoms with Crippen molar-refractivity contribution in [3.8, 4) is 0 Å². The number of anilines is 1. The van der Waals surface area contributed by atoms with Crippen LogP contribution in [0.2, 0.25) is 0 Å². The van der Waals surface area contributed by atoms with Crippen molar-refractivity contribution in [2.45, 2.75) is 26.3 Å². The number of aromatic amines is 1. The van der Waals surface area contributed by atoms with Gasteiger partial charge in [0.15, 0.2) is 0 Å². The van der Waals surface area contributed by atoms with Gasteiger partial charge in [0, 0.05) is 50.0 Å². The molecule has 1 aromatic heterocycles. The number of halogens is 2. The number of carbonyl (C=O) groups excluding carboxylic acids is 3. The summed E-state index contributed by atoms with van der Waals surface area (Å²) < 4.78 is 27.8. The van der Waals surface area contributed by atoms with Gasteiger partial charge in [-0.05, 0) is 36.8 Å². The van der Waals surface area contributed by atoms with E-state index in [9.17, 15) is 28.3 Å². The zero-order valence-electron chi connectivity index (χ0n) is 19.1. The monoisotopic (exact) mass is 485 g/mol. The average molecular weight is 485 g/mol. The number of benzene rings is 2. The molecule has 0 aliphatic carbocycles. The Labute approximate surface area is 199 Å². The first kappa shape index (κ1) is 24.3. The fourth-order valence-corrected chi connectivity index (χ4v) is 4.06. The van der Waals surface area contributed by atoms with Crippen molar-refractivity contribution in [2.75, 3.05) is 31.1 Å². The number of aliphatic hydroxyl groups is 1. The maximum atomic E-state index is 13.0. The van der Waals surface area contributed by atoms with Gasteiger partial charge in [-0.3, -0.25) is 14.4 Å². The fraction of sp³-hybridized carbons (Fsp3) is 0.333. The lowest BCUT2D eigenvalue weighted by atomic mass is 10.1. The van der Waals surface area contributed by atoms with Crippen molar-refractivity contribution in [1.82, 2.24) is 14.5 Å². The Morgan fingerprint density at radius 1 is 1.17 bits per heavy atom. The molecule has 3 amide bonds. The maximum Gasteiger partial charge on any atom is 0.280 e. The lowest BCUT2D eigenvalue weighted by Gasteiger charge is -2.33. The molecule has 1 saturated heterocycles. The van der Waals surface area contributed by atoms with Crippen LogP contribution in [-0.4, -0.2) is 63.5 Å². The lowest BCUT2D eigenvalue weighted by molar-refractivity contribution is -0.135. The van der Waals surface area contributed by atoms with Crippen LogP contribution in [0.25, 0.3) is 11.0 Å². The number of aromatic nitrogens is 2. The molecule has 11 heteroatoms. The number of carbonyl (C=O) groups is 3. The van der Waals surface area contributed by atoms with E-state index in [4.69, 9.17) is 0 Å². The van der Waals surface area contributed by atoms with Crippen LogP contribution < -0.4 is 10.5 Å². The SMILES string of the molecule is CC(=O)N1CCN(c2ccc3c(c2)[nH]/c(=N\C(=O)c2cccc(C(F)F)c2)n3CCCO)C(=O)C1. The molecule has 4 rings (SSSR count). The summed E-state index contributed by atoms with van der Waals surface area (Å²) >= 11 is 0. The molecular formula is C24H25F2N5O4. The van der Waals surface area contributed by atoms with Gasteiger partial charge in [-0.15, -0.1) is 0 Å². The van der Waals surface area contributed by atoms with Gasteiger partial charge >= 0.3 is 0 Å². The van der Waals surface area contributed by atoms with Crippen molar-refractivity contribution in [1.29, 1.82) is 0 Å². The molecule has 35 heavy (non-hydrogen) atoms. The van der Waals surface area contributed by atoms with E-state index in [1.54, 1.807) is 27.7 Å².